The fraction of sp³-hybridized carbons (Fsp3) is 0.222. The van der Waals surface area contributed by atoms with Gasteiger partial charge in [0.05, 0.1) is 5.69 Å². The van der Waals surface area contributed by atoms with E-state index >= 15 is 0 Å². The first-order valence-electron chi connectivity index (χ1n) is 3.86. The van der Waals surface area contributed by atoms with E-state index in [1.807, 2.05) is 24.3 Å². The SMILES string of the molecule is CC(=O)NN(C)c1ccc(Br)cc1. The Morgan fingerprint density at radius 1 is 1.38 bits per heavy atom. The van der Waals surface area contributed by atoms with Crippen LogP contribution < -0.4 is 10.4 Å². The first-order chi connectivity index (χ1) is 6.09. The summed E-state index contributed by atoms with van der Waals surface area (Å²) < 4.78 is 1.02. The zero-order valence-corrected chi connectivity index (χ0v) is 9.13. The van der Waals surface area contributed by atoms with Gasteiger partial charge in [-0.25, -0.2) is 0 Å². The van der Waals surface area contributed by atoms with Crippen LogP contribution in [0.4, 0.5) is 5.69 Å². The number of rotatable bonds is 2. The van der Waals surface area contributed by atoms with Gasteiger partial charge in [0.1, 0.15) is 0 Å². The molecular weight excluding hydrogens is 232 g/mol. The molecule has 1 N–H and O–H groups in total. The number of carbonyl (C=O) groups is 1. The second-order valence-electron chi connectivity index (χ2n) is 2.70. The summed E-state index contributed by atoms with van der Waals surface area (Å²) >= 11 is 3.34. The molecule has 1 aromatic rings. The van der Waals surface area contributed by atoms with E-state index in [4.69, 9.17) is 0 Å². The fourth-order valence-electron chi connectivity index (χ4n) is 0.965. The quantitative estimate of drug-likeness (QED) is 0.805. The number of carbonyl (C=O) groups excluding carboxylic acids is 1. The normalized spacial score (nSPS) is 9.46. The molecule has 0 unspecified atom stereocenters. The molecule has 0 aliphatic carbocycles. The number of amides is 1. The van der Waals surface area contributed by atoms with Gasteiger partial charge in [0.25, 0.3) is 0 Å². The van der Waals surface area contributed by atoms with Crippen LogP contribution in [0, 0.1) is 0 Å². The zero-order chi connectivity index (χ0) is 9.84. The van der Waals surface area contributed by atoms with Crippen LogP contribution in [-0.4, -0.2) is 13.0 Å². The van der Waals surface area contributed by atoms with E-state index in [-0.39, 0.29) is 5.91 Å². The predicted octanol–water partition coefficient (Wildman–Crippen LogP) is 1.94. The zero-order valence-electron chi connectivity index (χ0n) is 7.54. The van der Waals surface area contributed by atoms with Crippen LogP contribution in [0.1, 0.15) is 6.92 Å². The number of nitrogens with zero attached hydrogens (tertiary/aromatic N) is 1. The highest BCUT2D eigenvalue weighted by atomic mass is 79.9. The topological polar surface area (TPSA) is 32.3 Å². The van der Waals surface area contributed by atoms with E-state index in [0.29, 0.717) is 0 Å². The summed E-state index contributed by atoms with van der Waals surface area (Å²) in [7, 11) is 1.80. The van der Waals surface area contributed by atoms with Gasteiger partial charge in [-0.15, -0.1) is 0 Å². The largest absolute Gasteiger partial charge is 0.289 e. The molecule has 0 aromatic heterocycles. The third kappa shape index (κ3) is 3.06. The van der Waals surface area contributed by atoms with Gasteiger partial charge in [-0.3, -0.25) is 15.2 Å². The van der Waals surface area contributed by atoms with E-state index in [9.17, 15) is 4.79 Å². The number of hydrazine groups is 1. The Balaban J connectivity index is 2.71. The monoisotopic (exact) mass is 242 g/mol. The Labute approximate surface area is 85.8 Å². The summed E-state index contributed by atoms with van der Waals surface area (Å²) in [5.74, 6) is -0.0783. The molecule has 0 spiro atoms. The lowest BCUT2D eigenvalue weighted by molar-refractivity contribution is -0.119. The van der Waals surface area contributed by atoms with Crippen molar-refractivity contribution in [3.8, 4) is 0 Å². The molecule has 0 aliphatic heterocycles. The molecule has 1 aromatic carbocycles. The molecule has 3 nitrogen and oxygen atoms in total. The Kier molecular flexibility index (Phi) is 3.31. The standard InChI is InChI=1S/C9H11BrN2O/c1-7(13)11-12(2)9-5-3-8(10)4-6-9/h3-6H,1-2H3,(H,11,13). The van der Waals surface area contributed by atoms with Crippen molar-refractivity contribution < 1.29 is 4.79 Å². The maximum atomic E-state index is 10.7. The van der Waals surface area contributed by atoms with Gasteiger partial charge >= 0.3 is 0 Å². The van der Waals surface area contributed by atoms with Gasteiger partial charge in [0.15, 0.2) is 0 Å². The van der Waals surface area contributed by atoms with Crippen LogP contribution in [-0.2, 0) is 4.79 Å². The third-order valence-corrected chi connectivity index (χ3v) is 2.07. The Hall–Kier alpha value is -1.03. The number of hydrogen-bond acceptors (Lipinski definition) is 2. The maximum absolute atomic E-state index is 10.7. The molecule has 1 amide bonds. The highest BCUT2D eigenvalue weighted by molar-refractivity contribution is 9.10. The molecular formula is C9H11BrN2O. The van der Waals surface area contributed by atoms with Crippen molar-refractivity contribution in [2.45, 2.75) is 6.92 Å². The predicted molar refractivity (Wildman–Crippen MR) is 56.4 cm³/mol. The minimum absolute atomic E-state index is 0.0783. The Morgan fingerprint density at radius 2 is 1.92 bits per heavy atom. The molecule has 1 rings (SSSR count). The van der Waals surface area contributed by atoms with Crippen LogP contribution in [0.3, 0.4) is 0 Å². The van der Waals surface area contributed by atoms with Crippen LogP contribution in [0.15, 0.2) is 28.7 Å². The van der Waals surface area contributed by atoms with Crippen LogP contribution >= 0.6 is 15.9 Å². The van der Waals surface area contributed by atoms with Crippen molar-refractivity contribution in [1.29, 1.82) is 0 Å². The molecule has 4 heteroatoms. The van der Waals surface area contributed by atoms with Crippen molar-refractivity contribution in [1.82, 2.24) is 5.43 Å². The van der Waals surface area contributed by atoms with Crippen molar-refractivity contribution in [3.05, 3.63) is 28.7 Å². The molecule has 0 aliphatic rings. The fourth-order valence-corrected chi connectivity index (χ4v) is 1.23. The van der Waals surface area contributed by atoms with E-state index < -0.39 is 0 Å². The van der Waals surface area contributed by atoms with Gasteiger partial charge in [-0.1, -0.05) is 15.9 Å². The van der Waals surface area contributed by atoms with E-state index in [1.165, 1.54) is 6.92 Å². The summed E-state index contributed by atoms with van der Waals surface area (Å²) in [5.41, 5.74) is 3.60. The minimum atomic E-state index is -0.0783. The molecule has 0 atom stereocenters. The Morgan fingerprint density at radius 3 is 2.38 bits per heavy atom. The second kappa shape index (κ2) is 4.28. The molecule has 70 valence electrons. The number of anilines is 1. The van der Waals surface area contributed by atoms with Gasteiger partial charge in [-0.2, -0.15) is 0 Å². The maximum Gasteiger partial charge on any atom is 0.235 e. The van der Waals surface area contributed by atoms with Crippen LogP contribution in [0.2, 0.25) is 0 Å². The smallest absolute Gasteiger partial charge is 0.235 e. The van der Waals surface area contributed by atoms with Gasteiger partial charge in [0.2, 0.25) is 5.91 Å². The first-order valence-corrected chi connectivity index (χ1v) is 4.65. The Bertz CT molecular complexity index is 297. The summed E-state index contributed by atoms with van der Waals surface area (Å²) in [5, 5.41) is 1.68. The van der Waals surface area contributed by atoms with E-state index in [1.54, 1.807) is 12.1 Å². The highest BCUT2D eigenvalue weighted by Crippen LogP contribution is 2.15. The summed E-state index contributed by atoms with van der Waals surface area (Å²) in [6, 6.07) is 7.68. The molecule has 0 saturated carbocycles. The van der Waals surface area contributed by atoms with Crippen LogP contribution in [0.25, 0.3) is 0 Å². The number of halogens is 1. The minimum Gasteiger partial charge on any atom is -0.289 e. The van der Waals surface area contributed by atoms with Crippen LogP contribution in [0.5, 0.6) is 0 Å². The average Bonchev–Trinajstić information content (AvgIpc) is 2.04. The van der Waals surface area contributed by atoms with E-state index in [2.05, 4.69) is 21.4 Å². The number of benzene rings is 1. The van der Waals surface area contributed by atoms with Gasteiger partial charge in [-0.05, 0) is 24.3 Å². The molecule has 0 bridgehead atoms. The van der Waals surface area contributed by atoms with Gasteiger partial charge < -0.3 is 0 Å². The summed E-state index contributed by atoms with van der Waals surface area (Å²) in [6.45, 7) is 1.48. The molecule has 0 heterocycles. The molecule has 0 saturated heterocycles. The lowest BCUT2D eigenvalue weighted by Crippen LogP contribution is -2.37. The lowest BCUT2D eigenvalue weighted by Gasteiger charge is -2.18. The van der Waals surface area contributed by atoms with Crippen molar-refractivity contribution >= 4 is 27.5 Å². The summed E-state index contributed by atoms with van der Waals surface area (Å²) in [4.78, 5) is 10.7. The van der Waals surface area contributed by atoms with Crippen molar-refractivity contribution in [2.75, 3.05) is 12.1 Å². The lowest BCUT2D eigenvalue weighted by atomic mass is 10.3. The average molecular weight is 243 g/mol. The first kappa shape index (κ1) is 10.1. The molecule has 13 heavy (non-hydrogen) atoms. The van der Waals surface area contributed by atoms with Crippen molar-refractivity contribution in [2.24, 2.45) is 0 Å². The number of hydrogen-bond donors (Lipinski definition) is 1. The third-order valence-electron chi connectivity index (χ3n) is 1.54. The van der Waals surface area contributed by atoms with E-state index in [0.717, 1.165) is 10.2 Å². The summed E-state index contributed by atoms with van der Waals surface area (Å²) in [6.07, 6.45) is 0. The number of nitrogens with one attached hydrogen (secondary N) is 1. The van der Waals surface area contributed by atoms with Crippen molar-refractivity contribution in [3.63, 3.8) is 0 Å². The molecule has 0 fully saturated rings. The molecule has 0 radical (unpaired) electrons. The highest BCUT2D eigenvalue weighted by Gasteiger charge is 2.00. The van der Waals surface area contributed by atoms with Gasteiger partial charge in [0, 0.05) is 18.4 Å². The second-order valence-corrected chi connectivity index (χ2v) is 3.62.